The highest BCUT2D eigenvalue weighted by Crippen LogP contribution is 2.45. The highest BCUT2D eigenvalue weighted by molar-refractivity contribution is 5.04. The van der Waals surface area contributed by atoms with Gasteiger partial charge in [-0.1, -0.05) is 36.1 Å². The van der Waals surface area contributed by atoms with Crippen molar-refractivity contribution in [2.24, 2.45) is 5.41 Å². The molecule has 15 heavy (non-hydrogen) atoms. The lowest BCUT2D eigenvalue weighted by Gasteiger charge is -2.26. The maximum atomic E-state index is 2.43. The van der Waals surface area contributed by atoms with Crippen molar-refractivity contribution >= 4 is 0 Å². The van der Waals surface area contributed by atoms with Crippen molar-refractivity contribution in [2.75, 3.05) is 0 Å². The highest BCUT2D eigenvalue weighted by Gasteiger charge is 2.31. The van der Waals surface area contributed by atoms with Gasteiger partial charge in [0.2, 0.25) is 0 Å². The molecule has 86 valence electrons. The summed E-state index contributed by atoms with van der Waals surface area (Å²) < 4.78 is 0. The monoisotopic (exact) mass is 206 g/mol. The normalized spacial score (nSPS) is 18.7. The second-order valence-corrected chi connectivity index (χ2v) is 5.68. The number of rotatable bonds is 4. The van der Waals surface area contributed by atoms with Gasteiger partial charge in [0, 0.05) is 0 Å². The molecule has 0 aromatic rings. The molecule has 0 saturated heterocycles. The predicted octanol–water partition coefficient (Wildman–Crippen LogP) is 5.26. The maximum Gasteiger partial charge on any atom is -0.0228 e. The van der Waals surface area contributed by atoms with Gasteiger partial charge in [0.25, 0.3) is 0 Å². The molecule has 0 heteroatoms. The van der Waals surface area contributed by atoms with Crippen molar-refractivity contribution in [3.63, 3.8) is 0 Å². The summed E-state index contributed by atoms with van der Waals surface area (Å²) in [6.07, 6.45) is 13.2. The Morgan fingerprint density at radius 1 is 0.867 bits per heavy atom. The first-order chi connectivity index (χ1) is 7.04. The minimum atomic E-state index is 0.606. The Balaban J connectivity index is 2.62. The molecule has 0 amide bonds. The third-order valence-corrected chi connectivity index (χ3v) is 3.55. The quantitative estimate of drug-likeness (QED) is 0.550. The van der Waals surface area contributed by atoms with Gasteiger partial charge in [0.1, 0.15) is 0 Å². The Bertz CT molecular complexity index is 219. The van der Waals surface area contributed by atoms with Gasteiger partial charge in [-0.2, -0.15) is 0 Å². The summed E-state index contributed by atoms with van der Waals surface area (Å²) in [4.78, 5) is 0. The van der Waals surface area contributed by atoms with Crippen LogP contribution in [0.15, 0.2) is 23.3 Å². The molecule has 1 aliphatic carbocycles. The van der Waals surface area contributed by atoms with Crippen LogP contribution < -0.4 is 0 Å². The van der Waals surface area contributed by atoms with Crippen molar-refractivity contribution < 1.29 is 0 Å². The Morgan fingerprint density at radius 3 is 1.60 bits per heavy atom. The van der Waals surface area contributed by atoms with Crippen LogP contribution in [-0.4, -0.2) is 0 Å². The Kier molecular flexibility index (Phi) is 4.63. The van der Waals surface area contributed by atoms with Crippen LogP contribution in [-0.2, 0) is 0 Å². The smallest absolute Gasteiger partial charge is 0.0228 e. The van der Waals surface area contributed by atoms with Crippen LogP contribution in [0.25, 0.3) is 0 Å². The Labute approximate surface area is 95.5 Å². The summed E-state index contributed by atoms with van der Waals surface area (Å²) in [5.41, 5.74) is 3.55. The predicted molar refractivity (Wildman–Crippen MR) is 69.0 cm³/mol. The molecular formula is C15H26. The number of allylic oxidation sites excluding steroid dienone is 4. The molecule has 0 aliphatic heterocycles. The van der Waals surface area contributed by atoms with E-state index in [1.807, 2.05) is 0 Å². The van der Waals surface area contributed by atoms with Gasteiger partial charge in [-0.05, 0) is 58.8 Å². The van der Waals surface area contributed by atoms with E-state index in [-0.39, 0.29) is 0 Å². The van der Waals surface area contributed by atoms with Crippen molar-refractivity contribution in [1.82, 2.24) is 0 Å². The maximum absolute atomic E-state index is 2.43. The minimum absolute atomic E-state index is 0.606. The summed E-state index contributed by atoms with van der Waals surface area (Å²) in [6, 6.07) is 0. The van der Waals surface area contributed by atoms with E-state index in [1.54, 1.807) is 0 Å². The second-order valence-electron chi connectivity index (χ2n) is 5.68. The van der Waals surface area contributed by atoms with Gasteiger partial charge in [-0.15, -0.1) is 0 Å². The van der Waals surface area contributed by atoms with E-state index in [0.717, 1.165) is 0 Å². The summed E-state index contributed by atoms with van der Waals surface area (Å²) in [7, 11) is 0. The van der Waals surface area contributed by atoms with E-state index >= 15 is 0 Å². The summed E-state index contributed by atoms with van der Waals surface area (Å²) >= 11 is 0. The first-order valence-corrected chi connectivity index (χ1v) is 6.31. The summed E-state index contributed by atoms with van der Waals surface area (Å²) in [6.45, 7) is 8.85. The van der Waals surface area contributed by atoms with E-state index < -0.39 is 0 Å². The molecule has 0 aromatic heterocycles. The van der Waals surface area contributed by atoms with E-state index in [4.69, 9.17) is 0 Å². The zero-order valence-corrected chi connectivity index (χ0v) is 10.9. The fraction of sp³-hybridized carbons (Fsp3) is 0.733. The zero-order valence-electron chi connectivity index (χ0n) is 10.9. The molecule has 0 bridgehead atoms. The van der Waals surface area contributed by atoms with E-state index in [0.29, 0.717) is 5.41 Å². The molecule has 0 aromatic carbocycles. The lowest BCUT2D eigenvalue weighted by Crippen LogP contribution is -2.14. The fourth-order valence-electron chi connectivity index (χ4n) is 2.46. The lowest BCUT2D eigenvalue weighted by molar-refractivity contribution is 0.304. The van der Waals surface area contributed by atoms with Gasteiger partial charge in [0.15, 0.2) is 0 Å². The summed E-state index contributed by atoms with van der Waals surface area (Å²) in [5, 5.41) is 0. The van der Waals surface area contributed by atoms with Gasteiger partial charge < -0.3 is 0 Å². The fourth-order valence-corrected chi connectivity index (χ4v) is 2.46. The van der Waals surface area contributed by atoms with Crippen molar-refractivity contribution in [1.29, 1.82) is 0 Å². The molecule has 0 heterocycles. The lowest BCUT2D eigenvalue weighted by atomic mass is 9.78. The molecule has 1 saturated carbocycles. The second kappa shape index (κ2) is 5.53. The average Bonchev–Trinajstić information content (AvgIpc) is 2.61. The van der Waals surface area contributed by atoms with Gasteiger partial charge in [-0.25, -0.2) is 0 Å². The highest BCUT2D eigenvalue weighted by atomic mass is 14.4. The van der Waals surface area contributed by atoms with Gasteiger partial charge in [-0.3, -0.25) is 0 Å². The molecule has 0 N–H and O–H groups in total. The zero-order chi connectivity index (χ0) is 11.3. The standard InChI is InChI=1S/C15H26/c1-13(2)7-11-15(9-5-6-10-15)12-8-14(3)4/h7-8H,5-6,9-12H2,1-4H3. The van der Waals surface area contributed by atoms with Gasteiger partial charge >= 0.3 is 0 Å². The van der Waals surface area contributed by atoms with Crippen LogP contribution >= 0.6 is 0 Å². The van der Waals surface area contributed by atoms with E-state index in [1.165, 1.54) is 49.7 Å². The molecule has 0 atom stereocenters. The first-order valence-electron chi connectivity index (χ1n) is 6.31. The van der Waals surface area contributed by atoms with Crippen LogP contribution in [0.4, 0.5) is 0 Å². The molecule has 1 rings (SSSR count). The van der Waals surface area contributed by atoms with Crippen LogP contribution in [0.3, 0.4) is 0 Å². The van der Waals surface area contributed by atoms with Crippen molar-refractivity contribution in [3.8, 4) is 0 Å². The molecule has 1 aliphatic rings. The van der Waals surface area contributed by atoms with E-state index in [2.05, 4.69) is 39.8 Å². The SMILES string of the molecule is CC(C)=CCC1(CC=C(C)C)CCCC1. The van der Waals surface area contributed by atoms with Crippen LogP contribution in [0, 0.1) is 5.41 Å². The molecule has 0 radical (unpaired) electrons. The Morgan fingerprint density at radius 2 is 1.27 bits per heavy atom. The van der Waals surface area contributed by atoms with Gasteiger partial charge in [0.05, 0.1) is 0 Å². The molecule has 1 fully saturated rings. The third kappa shape index (κ3) is 4.24. The van der Waals surface area contributed by atoms with Crippen LogP contribution in [0.2, 0.25) is 0 Å². The minimum Gasteiger partial charge on any atom is -0.0853 e. The topological polar surface area (TPSA) is 0 Å². The number of hydrogen-bond acceptors (Lipinski definition) is 0. The molecule has 0 unspecified atom stereocenters. The summed E-state index contributed by atoms with van der Waals surface area (Å²) in [5.74, 6) is 0. The first kappa shape index (κ1) is 12.5. The van der Waals surface area contributed by atoms with Crippen LogP contribution in [0.5, 0.6) is 0 Å². The van der Waals surface area contributed by atoms with Crippen molar-refractivity contribution in [3.05, 3.63) is 23.3 Å². The molecule has 0 nitrogen and oxygen atoms in total. The molecular weight excluding hydrogens is 180 g/mol. The average molecular weight is 206 g/mol. The Hall–Kier alpha value is -0.520. The molecule has 0 spiro atoms. The van der Waals surface area contributed by atoms with Crippen molar-refractivity contribution in [2.45, 2.75) is 66.2 Å². The third-order valence-electron chi connectivity index (χ3n) is 3.55. The largest absolute Gasteiger partial charge is 0.0853 e. The van der Waals surface area contributed by atoms with E-state index in [9.17, 15) is 0 Å². The van der Waals surface area contributed by atoms with Crippen LogP contribution in [0.1, 0.15) is 66.2 Å². The number of hydrogen-bond donors (Lipinski definition) is 0.